The molecule has 0 atom stereocenters. The van der Waals surface area contributed by atoms with E-state index in [1.165, 1.54) is 24.3 Å². The standard InChI is InChI=1S/C24H10Cl3FO5/c25-12-5-6-13(26)20(24(31)32)19(12)17-11-7-14(27)15(29)8-16(11)33-23-18(17)9-3-1-2-4-10(9)22(30)21(23)28/h1-8,30H,(H,31,32). The molecule has 2 aliphatic rings. The molecule has 33 heavy (non-hydrogen) atoms. The second kappa shape index (κ2) is 7.63. The largest absolute Gasteiger partial charge is 0.504 e. The fraction of sp³-hybridized carbons (Fsp3) is 0. The summed E-state index contributed by atoms with van der Waals surface area (Å²) in [6.07, 6.45) is 0. The molecule has 0 saturated heterocycles. The van der Waals surface area contributed by atoms with Crippen molar-refractivity contribution in [3.05, 3.63) is 85.2 Å². The molecule has 0 aromatic heterocycles. The second-order valence-electron chi connectivity index (χ2n) is 7.25. The summed E-state index contributed by atoms with van der Waals surface area (Å²) in [7, 11) is 0. The zero-order chi connectivity index (χ0) is 23.6. The van der Waals surface area contributed by atoms with Gasteiger partial charge < -0.3 is 14.6 Å². The first-order valence-electron chi connectivity index (χ1n) is 9.41. The van der Waals surface area contributed by atoms with Gasteiger partial charge in [-0.05, 0) is 23.6 Å². The van der Waals surface area contributed by atoms with Crippen molar-refractivity contribution in [2.75, 3.05) is 0 Å². The average Bonchev–Trinajstić information content (AvgIpc) is 2.78. The first-order chi connectivity index (χ1) is 15.7. The molecule has 1 heterocycles. The number of hydrogen-bond donors (Lipinski definition) is 2. The van der Waals surface area contributed by atoms with E-state index >= 15 is 4.39 Å². The Kier molecular flexibility index (Phi) is 4.97. The number of phenolic OH excluding ortho intramolecular Hbond substituents is 1. The molecule has 0 spiro atoms. The van der Waals surface area contributed by atoms with Gasteiger partial charge in [0.2, 0.25) is 11.2 Å². The third-order valence-corrected chi connectivity index (χ3v) is 6.34. The third-order valence-electron chi connectivity index (χ3n) is 5.42. The van der Waals surface area contributed by atoms with Crippen molar-refractivity contribution >= 4 is 62.5 Å². The maximum Gasteiger partial charge on any atom is 0.337 e. The van der Waals surface area contributed by atoms with Crippen molar-refractivity contribution in [2.45, 2.75) is 0 Å². The zero-order valence-corrected chi connectivity index (χ0v) is 18.5. The van der Waals surface area contributed by atoms with Crippen LogP contribution in [0.4, 0.5) is 4.39 Å². The van der Waals surface area contributed by atoms with Gasteiger partial charge in [-0.1, -0.05) is 59.1 Å². The van der Waals surface area contributed by atoms with Gasteiger partial charge in [0.1, 0.15) is 5.76 Å². The van der Waals surface area contributed by atoms with E-state index < -0.39 is 23.0 Å². The number of benzene rings is 4. The molecular weight excluding hydrogens is 494 g/mol. The Morgan fingerprint density at radius 2 is 1.58 bits per heavy atom. The van der Waals surface area contributed by atoms with Gasteiger partial charge in [-0.15, -0.1) is 0 Å². The van der Waals surface area contributed by atoms with Crippen LogP contribution >= 0.6 is 34.8 Å². The monoisotopic (exact) mass is 502 g/mol. The van der Waals surface area contributed by atoms with Crippen LogP contribution in [0.25, 0.3) is 44.2 Å². The molecule has 5 rings (SSSR count). The highest BCUT2D eigenvalue weighted by molar-refractivity contribution is 6.39. The first-order valence-corrected chi connectivity index (χ1v) is 10.5. The Morgan fingerprint density at radius 3 is 2.27 bits per heavy atom. The van der Waals surface area contributed by atoms with Crippen LogP contribution in [0, 0.1) is 5.82 Å². The Hall–Kier alpha value is -3.32. The lowest BCUT2D eigenvalue weighted by Crippen LogP contribution is -2.06. The molecule has 2 N–H and O–H groups in total. The molecule has 3 aromatic rings. The van der Waals surface area contributed by atoms with Gasteiger partial charge in [0.15, 0.2) is 11.3 Å². The number of carboxylic acids is 1. The van der Waals surface area contributed by atoms with Crippen LogP contribution in [-0.2, 0) is 0 Å². The van der Waals surface area contributed by atoms with Gasteiger partial charge in [-0.3, -0.25) is 4.79 Å². The molecule has 9 heteroatoms. The fourth-order valence-corrected chi connectivity index (χ4v) is 4.69. The van der Waals surface area contributed by atoms with Gasteiger partial charge in [0, 0.05) is 38.6 Å². The average molecular weight is 504 g/mol. The summed E-state index contributed by atoms with van der Waals surface area (Å²) >= 11 is 18.8. The van der Waals surface area contributed by atoms with E-state index in [-0.39, 0.29) is 59.4 Å². The highest BCUT2D eigenvalue weighted by Crippen LogP contribution is 2.49. The molecule has 1 aliphatic heterocycles. The summed E-state index contributed by atoms with van der Waals surface area (Å²) in [4.78, 5) is 24.4. The van der Waals surface area contributed by atoms with E-state index in [9.17, 15) is 19.8 Å². The Morgan fingerprint density at radius 1 is 0.909 bits per heavy atom. The quantitative estimate of drug-likeness (QED) is 0.196. The molecule has 0 bridgehead atoms. The molecule has 0 fully saturated rings. The van der Waals surface area contributed by atoms with Gasteiger partial charge >= 0.3 is 5.97 Å². The number of hydrogen-bond acceptors (Lipinski definition) is 4. The minimum absolute atomic E-state index is 0.00701. The maximum atomic E-state index is 15.3. The summed E-state index contributed by atoms with van der Waals surface area (Å²) < 4.78 is 21.1. The van der Waals surface area contributed by atoms with Crippen molar-refractivity contribution in [1.29, 1.82) is 0 Å². The molecule has 1 aliphatic carbocycles. The van der Waals surface area contributed by atoms with Gasteiger partial charge in [-0.2, -0.15) is 4.39 Å². The fourth-order valence-electron chi connectivity index (χ4n) is 4.03. The summed E-state index contributed by atoms with van der Waals surface area (Å²) in [5.41, 5.74) is -0.936. The van der Waals surface area contributed by atoms with Crippen molar-refractivity contribution in [3.8, 4) is 28.2 Å². The van der Waals surface area contributed by atoms with E-state index in [0.717, 1.165) is 6.07 Å². The normalized spacial score (nSPS) is 11.5. The summed E-state index contributed by atoms with van der Waals surface area (Å²) in [5, 5.41) is 20.8. The van der Waals surface area contributed by atoms with Crippen LogP contribution in [0.15, 0.2) is 57.7 Å². The number of rotatable bonds is 2. The van der Waals surface area contributed by atoms with E-state index in [4.69, 9.17) is 39.2 Å². The number of halogens is 4. The predicted molar refractivity (Wildman–Crippen MR) is 126 cm³/mol. The minimum atomic E-state index is -1.37. The lowest BCUT2D eigenvalue weighted by Gasteiger charge is -2.20. The van der Waals surface area contributed by atoms with Crippen molar-refractivity contribution < 1.29 is 23.8 Å². The Labute approximate surface area is 199 Å². The van der Waals surface area contributed by atoms with Crippen LogP contribution in [0.5, 0.6) is 5.75 Å². The SMILES string of the molecule is O=C(O)c1c(Cl)ccc(Cl)c1-c1c2cc(Cl)c(=O)cc-2oc2c(F)c(O)c3ccccc3c12. The van der Waals surface area contributed by atoms with Gasteiger partial charge in [-0.25, -0.2) is 4.79 Å². The second-order valence-corrected chi connectivity index (χ2v) is 8.47. The Balaban J connectivity index is 2.19. The number of aromatic carboxylic acids is 1. The number of fused-ring (bicyclic) bond motifs is 4. The van der Waals surface area contributed by atoms with Gasteiger partial charge in [0.25, 0.3) is 0 Å². The van der Waals surface area contributed by atoms with Crippen LogP contribution in [0.3, 0.4) is 0 Å². The summed E-state index contributed by atoms with van der Waals surface area (Å²) in [6.45, 7) is 0. The molecule has 0 radical (unpaired) electrons. The van der Waals surface area contributed by atoms with E-state index in [1.807, 2.05) is 0 Å². The third kappa shape index (κ3) is 3.14. The Bertz CT molecular complexity index is 1680. The minimum Gasteiger partial charge on any atom is -0.504 e. The van der Waals surface area contributed by atoms with Crippen molar-refractivity contribution in [1.82, 2.24) is 0 Å². The highest BCUT2D eigenvalue weighted by atomic mass is 35.5. The van der Waals surface area contributed by atoms with Crippen LogP contribution in [0.2, 0.25) is 15.1 Å². The van der Waals surface area contributed by atoms with Crippen molar-refractivity contribution in [3.63, 3.8) is 0 Å². The number of aromatic hydroxyl groups is 1. The summed E-state index contributed by atoms with van der Waals surface area (Å²) in [5.74, 6) is -3.18. The first kappa shape index (κ1) is 21.5. The molecule has 0 saturated carbocycles. The number of carbonyl (C=O) groups is 1. The van der Waals surface area contributed by atoms with Crippen molar-refractivity contribution in [2.24, 2.45) is 0 Å². The lowest BCUT2D eigenvalue weighted by molar-refractivity contribution is 0.0698. The molecule has 5 nitrogen and oxygen atoms in total. The van der Waals surface area contributed by atoms with Crippen LogP contribution in [-0.4, -0.2) is 16.2 Å². The van der Waals surface area contributed by atoms with Crippen LogP contribution < -0.4 is 5.43 Å². The summed E-state index contributed by atoms with van der Waals surface area (Å²) in [6, 6.07) is 11.5. The highest BCUT2D eigenvalue weighted by Gasteiger charge is 2.29. The number of carboxylic acid groups (broad SMARTS) is 1. The number of phenols is 1. The van der Waals surface area contributed by atoms with E-state index in [1.54, 1.807) is 18.2 Å². The lowest BCUT2D eigenvalue weighted by atomic mass is 9.88. The predicted octanol–water partition coefficient (Wildman–Crippen LogP) is 7.22. The molecule has 164 valence electrons. The molecule has 0 unspecified atom stereocenters. The van der Waals surface area contributed by atoms with E-state index in [0.29, 0.717) is 5.39 Å². The van der Waals surface area contributed by atoms with E-state index in [2.05, 4.69) is 0 Å². The zero-order valence-electron chi connectivity index (χ0n) is 16.2. The molecule has 0 amide bonds. The topological polar surface area (TPSA) is 87.7 Å². The smallest absolute Gasteiger partial charge is 0.337 e. The molecule has 3 aromatic carbocycles. The van der Waals surface area contributed by atoms with Crippen LogP contribution in [0.1, 0.15) is 10.4 Å². The maximum absolute atomic E-state index is 15.3. The van der Waals surface area contributed by atoms with Gasteiger partial charge in [0.05, 0.1) is 15.6 Å². The molecular formula is C24H10Cl3FO5.